The van der Waals surface area contributed by atoms with Gasteiger partial charge in [0.2, 0.25) is 11.9 Å². The number of anilines is 2. The number of amides is 2. The van der Waals surface area contributed by atoms with Crippen molar-refractivity contribution in [1.82, 2.24) is 19.3 Å². The first-order valence-corrected chi connectivity index (χ1v) is 10.9. The van der Waals surface area contributed by atoms with E-state index in [0.29, 0.717) is 36.8 Å². The average Bonchev–Trinajstić information content (AvgIpc) is 3.32. The zero-order valence-corrected chi connectivity index (χ0v) is 19.6. The van der Waals surface area contributed by atoms with Crippen molar-refractivity contribution < 1.29 is 9.59 Å². The number of imidazole rings is 1. The van der Waals surface area contributed by atoms with Gasteiger partial charge >= 0.3 is 0 Å². The number of nitrogens with two attached hydrogens (primary N) is 2. The highest BCUT2D eigenvalue weighted by atomic mass is 16.2. The highest BCUT2D eigenvalue weighted by molar-refractivity contribution is 6.03. The third-order valence-corrected chi connectivity index (χ3v) is 4.81. The highest BCUT2D eigenvalue weighted by Gasteiger charge is 2.20. The number of nitrogens with one attached hydrogen (secondary N) is 1. The number of benzene rings is 1. The minimum atomic E-state index is -0.436. The molecule has 0 atom stereocenters. The molecule has 0 bridgehead atoms. The molecule has 3 rings (SSSR count). The molecule has 1 aromatic carbocycles. The lowest BCUT2D eigenvalue weighted by Crippen LogP contribution is -2.30. The number of para-hydroxylation sites is 1. The van der Waals surface area contributed by atoms with E-state index in [0.717, 1.165) is 23.3 Å². The summed E-state index contributed by atoms with van der Waals surface area (Å²) in [6.45, 7) is 9.53. The summed E-state index contributed by atoms with van der Waals surface area (Å²) in [5.41, 5.74) is 14.6. The Morgan fingerprint density at radius 1 is 1.25 bits per heavy atom. The van der Waals surface area contributed by atoms with Gasteiger partial charge in [0, 0.05) is 20.1 Å². The zero-order valence-electron chi connectivity index (χ0n) is 19.6. The number of carbonyl (C=O) groups is 2. The van der Waals surface area contributed by atoms with Crippen molar-refractivity contribution in [2.75, 3.05) is 30.4 Å². The van der Waals surface area contributed by atoms with Crippen molar-refractivity contribution in [2.45, 2.75) is 47.2 Å². The number of carbonyl (C=O) groups excluding carboxylic acids is 2. The third-order valence-electron chi connectivity index (χ3n) is 4.81. The number of hydrogen-bond acceptors (Lipinski definition) is 6. The molecule has 5 N–H and O–H groups in total. The van der Waals surface area contributed by atoms with Crippen molar-refractivity contribution in [3.63, 3.8) is 0 Å². The Labute approximate surface area is 188 Å². The molecule has 0 unspecified atom stereocenters. The molecule has 2 heterocycles. The summed E-state index contributed by atoms with van der Waals surface area (Å²) >= 11 is 0. The Bertz CT molecular complexity index is 1070. The lowest BCUT2D eigenvalue weighted by molar-refractivity contribution is -0.116. The molecule has 10 heteroatoms. The maximum absolute atomic E-state index is 13.0. The minimum absolute atomic E-state index is 0.0609. The van der Waals surface area contributed by atoms with Crippen LogP contribution in [0.25, 0.3) is 11.0 Å². The molecule has 2 aromatic heterocycles. The van der Waals surface area contributed by atoms with Gasteiger partial charge in [-0.3, -0.25) is 19.6 Å². The molecule has 0 saturated heterocycles. The first kappa shape index (κ1) is 24.9. The summed E-state index contributed by atoms with van der Waals surface area (Å²) < 4.78 is 3.59. The molecule has 0 aliphatic heterocycles. The minimum Gasteiger partial charge on any atom is -0.368 e. The number of nitrogens with zero attached hydrogens (tertiary/aromatic N) is 5. The second kappa shape index (κ2) is 11.3. The van der Waals surface area contributed by atoms with E-state index in [9.17, 15) is 9.59 Å². The SMILES string of the molecule is CC.CCn1nc(C)cc1C(=O)Nc1nc2c(N(C)CC(N)=O)cccc2n1CCCN. The van der Waals surface area contributed by atoms with Gasteiger partial charge in [0.1, 0.15) is 11.2 Å². The van der Waals surface area contributed by atoms with Gasteiger partial charge in [-0.05, 0) is 45.0 Å². The molecular formula is C22H34N8O2. The maximum atomic E-state index is 13.0. The normalized spacial score (nSPS) is 10.6. The summed E-state index contributed by atoms with van der Waals surface area (Å²) in [6.07, 6.45) is 0.724. The van der Waals surface area contributed by atoms with Crippen LogP contribution in [0.3, 0.4) is 0 Å². The third kappa shape index (κ3) is 5.44. The van der Waals surface area contributed by atoms with E-state index in [4.69, 9.17) is 11.5 Å². The van der Waals surface area contributed by atoms with E-state index in [1.54, 1.807) is 22.7 Å². The summed E-state index contributed by atoms with van der Waals surface area (Å²) in [5.74, 6) is -0.299. The number of hydrogen-bond donors (Lipinski definition) is 3. The van der Waals surface area contributed by atoms with Crippen LogP contribution in [0.15, 0.2) is 24.3 Å². The number of aromatic nitrogens is 4. The molecule has 3 aromatic rings. The fourth-order valence-electron chi connectivity index (χ4n) is 3.47. The van der Waals surface area contributed by atoms with Crippen molar-refractivity contribution in [3.8, 4) is 0 Å². The highest BCUT2D eigenvalue weighted by Crippen LogP contribution is 2.29. The molecular weight excluding hydrogens is 408 g/mol. The van der Waals surface area contributed by atoms with Gasteiger partial charge in [-0.1, -0.05) is 19.9 Å². The van der Waals surface area contributed by atoms with E-state index < -0.39 is 5.91 Å². The molecule has 10 nitrogen and oxygen atoms in total. The summed E-state index contributed by atoms with van der Waals surface area (Å²) in [5, 5.41) is 7.25. The van der Waals surface area contributed by atoms with E-state index >= 15 is 0 Å². The van der Waals surface area contributed by atoms with Crippen molar-refractivity contribution in [2.24, 2.45) is 11.5 Å². The first-order valence-electron chi connectivity index (χ1n) is 10.9. The molecule has 0 fully saturated rings. The van der Waals surface area contributed by atoms with E-state index in [-0.39, 0.29) is 12.5 Å². The fraction of sp³-hybridized carbons (Fsp3) is 0.455. The quantitative estimate of drug-likeness (QED) is 0.464. The number of primary amides is 1. The molecule has 2 amide bonds. The van der Waals surface area contributed by atoms with Gasteiger partial charge in [0.25, 0.3) is 5.91 Å². The number of fused-ring (bicyclic) bond motifs is 1. The summed E-state index contributed by atoms with van der Waals surface area (Å²) in [7, 11) is 1.78. The standard InChI is InChI=1S/C20H28N8O2.C2H6/c1-4-28-16(11-13(2)25-28)19(30)24-20-23-18-14(26(3)12-17(22)29)7-5-8-15(18)27(20)10-6-9-21;1-2/h5,7-8,11H,4,6,9-10,12,21H2,1-3H3,(H2,22,29)(H,23,24,30);1-2H3. The Kier molecular flexibility index (Phi) is 8.77. The second-order valence-electron chi connectivity index (χ2n) is 7.14. The van der Waals surface area contributed by atoms with Gasteiger partial charge in [-0.2, -0.15) is 5.10 Å². The molecule has 0 spiro atoms. The topological polar surface area (TPSA) is 137 Å². The first-order chi connectivity index (χ1) is 15.3. The fourth-order valence-corrected chi connectivity index (χ4v) is 3.47. The van der Waals surface area contributed by atoms with Crippen molar-refractivity contribution in [1.29, 1.82) is 0 Å². The number of likely N-dealkylation sites (N-methyl/N-ethyl adjacent to an activating group) is 1. The van der Waals surface area contributed by atoms with Gasteiger partial charge in [0.05, 0.1) is 23.4 Å². The van der Waals surface area contributed by atoms with Crippen LogP contribution in [0.1, 0.15) is 43.4 Å². The molecule has 32 heavy (non-hydrogen) atoms. The number of rotatable bonds is 9. The molecule has 0 saturated carbocycles. The van der Waals surface area contributed by atoms with Gasteiger partial charge < -0.3 is 20.9 Å². The average molecular weight is 443 g/mol. The molecule has 0 aliphatic rings. The lowest BCUT2D eigenvalue weighted by Gasteiger charge is -2.17. The largest absolute Gasteiger partial charge is 0.368 e. The summed E-state index contributed by atoms with van der Waals surface area (Å²) in [6, 6.07) is 7.43. The van der Waals surface area contributed by atoms with Crippen LogP contribution in [0, 0.1) is 6.92 Å². The van der Waals surface area contributed by atoms with E-state index in [1.165, 1.54) is 0 Å². The van der Waals surface area contributed by atoms with Crippen molar-refractivity contribution in [3.05, 3.63) is 35.7 Å². The van der Waals surface area contributed by atoms with Crippen LogP contribution >= 0.6 is 0 Å². The van der Waals surface area contributed by atoms with Crippen LogP contribution < -0.4 is 21.7 Å². The van der Waals surface area contributed by atoms with Crippen LogP contribution in [0.4, 0.5) is 11.6 Å². The van der Waals surface area contributed by atoms with Crippen LogP contribution in [-0.2, 0) is 17.9 Å². The van der Waals surface area contributed by atoms with E-state index in [1.807, 2.05) is 50.5 Å². The number of aryl methyl sites for hydroxylation is 3. The summed E-state index contributed by atoms with van der Waals surface area (Å²) in [4.78, 5) is 30.8. The van der Waals surface area contributed by atoms with Crippen molar-refractivity contribution >= 4 is 34.5 Å². The maximum Gasteiger partial charge on any atom is 0.276 e. The molecule has 174 valence electrons. The zero-order chi connectivity index (χ0) is 23.8. The van der Waals surface area contributed by atoms with E-state index in [2.05, 4.69) is 15.4 Å². The lowest BCUT2D eigenvalue weighted by atomic mass is 10.2. The smallest absolute Gasteiger partial charge is 0.276 e. The van der Waals surface area contributed by atoms with Crippen LogP contribution in [-0.4, -0.2) is 51.3 Å². The Balaban J connectivity index is 0.00000176. The predicted octanol–water partition coefficient (Wildman–Crippen LogP) is 2.11. The second-order valence-corrected chi connectivity index (χ2v) is 7.14. The predicted molar refractivity (Wildman–Crippen MR) is 128 cm³/mol. The Morgan fingerprint density at radius 2 is 1.97 bits per heavy atom. The molecule has 0 aliphatic carbocycles. The van der Waals surface area contributed by atoms with Gasteiger partial charge in [0.15, 0.2) is 0 Å². The van der Waals surface area contributed by atoms with Crippen LogP contribution in [0.2, 0.25) is 0 Å². The van der Waals surface area contributed by atoms with Crippen LogP contribution in [0.5, 0.6) is 0 Å². The Morgan fingerprint density at radius 3 is 2.59 bits per heavy atom. The van der Waals surface area contributed by atoms with Gasteiger partial charge in [-0.15, -0.1) is 0 Å². The van der Waals surface area contributed by atoms with Gasteiger partial charge in [-0.25, -0.2) is 4.98 Å². The monoisotopic (exact) mass is 442 g/mol. The molecule has 0 radical (unpaired) electrons. The Hall–Kier alpha value is -3.40.